The quantitative estimate of drug-likeness (QED) is 0.464. The molecule has 0 radical (unpaired) electrons. The SMILES string of the molecule is C[C@@H](O)[C@H]1C(=O)N2C(C(=O)O)=C(SC3CN(c4nc(CNC(=O)c5ccccc5)co4)C3)[C@H](C)[C@H]12. The predicted octanol–water partition coefficient (Wildman–Crippen LogP) is 1.68. The Bertz CT molecular complexity index is 1190. The van der Waals surface area contributed by atoms with Crippen molar-refractivity contribution in [3.8, 4) is 0 Å². The molecule has 35 heavy (non-hydrogen) atoms. The van der Waals surface area contributed by atoms with Crippen LogP contribution < -0.4 is 10.2 Å². The fourth-order valence-electron chi connectivity index (χ4n) is 4.91. The summed E-state index contributed by atoms with van der Waals surface area (Å²) in [5.74, 6) is -2.36. The maximum atomic E-state index is 12.5. The lowest BCUT2D eigenvalue weighted by Crippen LogP contribution is -2.63. The lowest BCUT2D eigenvalue weighted by atomic mass is 9.79. The number of β-lactam (4-membered cyclic amide) rings is 1. The third-order valence-electron chi connectivity index (χ3n) is 6.73. The minimum atomic E-state index is -1.12. The lowest BCUT2D eigenvalue weighted by Gasteiger charge is -2.46. The zero-order valence-electron chi connectivity index (χ0n) is 19.2. The number of amides is 2. The van der Waals surface area contributed by atoms with Crippen LogP contribution in [-0.2, 0) is 16.1 Å². The second-order valence-corrected chi connectivity index (χ2v) is 10.4. The standard InChI is InChI=1S/C24H26N4O6S/c1-12-18-17(13(2)29)22(31)28(18)19(23(32)33)20(12)35-16-9-27(10-16)24-26-15(11-34-24)8-25-21(30)14-6-4-3-5-7-14/h3-7,11-13,16-18,29H,8-10H2,1-2H3,(H,25,30)(H,32,33)/t12-,13-,17-,18-/m1/s1. The van der Waals surface area contributed by atoms with Gasteiger partial charge >= 0.3 is 5.97 Å². The van der Waals surface area contributed by atoms with Gasteiger partial charge in [0.25, 0.3) is 11.9 Å². The molecule has 2 amide bonds. The summed E-state index contributed by atoms with van der Waals surface area (Å²) in [7, 11) is 0. The number of hydrogen-bond acceptors (Lipinski definition) is 8. The number of thioether (sulfide) groups is 1. The van der Waals surface area contributed by atoms with E-state index in [1.54, 1.807) is 31.2 Å². The van der Waals surface area contributed by atoms with Gasteiger partial charge in [0, 0.05) is 34.7 Å². The molecule has 2 aromatic rings. The highest BCUT2D eigenvalue weighted by Gasteiger charge is 2.60. The monoisotopic (exact) mass is 498 g/mol. The molecule has 0 spiro atoms. The molecule has 10 nitrogen and oxygen atoms in total. The van der Waals surface area contributed by atoms with E-state index in [1.807, 2.05) is 17.9 Å². The fraction of sp³-hybridized carbons (Fsp3) is 0.417. The molecule has 11 heteroatoms. The van der Waals surface area contributed by atoms with Crippen molar-refractivity contribution in [2.75, 3.05) is 18.0 Å². The van der Waals surface area contributed by atoms with Gasteiger partial charge in [-0.1, -0.05) is 25.1 Å². The number of nitrogens with zero attached hydrogens (tertiary/aromatic N) is 3. The molecule has 3 aliphatic rings. The number of fused-ring (bicyclic) bond motifs is 1. The Morgan fingerprint density at radius 3 is 2.66 bits per heavy atom. The number of hydrogen-bond donors (Lipinski definition) is 3. The van der Waals surface area contributed by atoms with Crippen molar-refractivity contribution in [1.29, 1.82) is 0 Å². The number of nitrogens with one attached hydrogen (secondary N) is 1. The van der Waals surface area contributed by atoms with Crippen LogP contribution in [0.25, 0.3) is 0 Å². The second kappa shape index (κ2) is 9.04. The normalized spacial score (nSPS) is 24.7. The molecule has 3 aliphatic heterocycles. The van der Waals surface area contributed by atoms with Crippen LogP contribution >= 0.6 is 11.8 Å². The van der Waals surface area contributed by atoms with E-state index >= 15 is 0 Å². The van der Waals surface area contributed by atoms with Crippen LogP contribution in [0, 0.1) is 11.8 Å². The number of rotatable bonds is 8. The maximum Gasteiger partial charge on any atom is 0.353 e. The van der Waals surface area contributed by atoms with Crippen LogP contribution in [-0.4, -0.2) is 68.4 Å². The summed E-state index contributed by atoms with van der Waals surface area (Å²) < 4.78 is 5.57. The van der Waals surface area contributed by atoms with Gasteiger partial charge in [-0.25, -0.2) is 4.79 Å². The highest BCUT2D eigenvalue weighted by molar-refractivity contribution is 8.03. The van der Waals surface area contributed by atoms with Crippen molar-refractivity contribution in [2.45, 2.75) is 37.8 Å². The first-order chi connectivity index (χ1) is 16.8. The molecule has 4 atom stereocenters. The number of benzene rings is 1. The van der Waals surface area contributed by atoms with Gasteiger partial charge in [-0.3, -0.25) is 9.59 Å². The van der Waals surface area contributed by atoms with Crippen molar-refractivity contribution < 1.29 is 29.0 Å². The van der Waals surface area contributed by atoms with Gasteiger partial charge in [0.1, 0.15) is 17.7 Å². The highest BCUT2D eigenvalue weighted by atomic mass is 32.2. The summed E-state index contributed by atoms with van der Waals surface area (Å²) in [5, 5.41) is 22.7. The first-order valence-corrected chi connectivity index (χ1v) is 12.3. The number of carboxylic acids is 1. The average molecular weight is 499 g/mol. The van der Waals surface area contributed by atoms with Crippen LogP contribution in [0.4, 0.5) is 6.01 Å². The molecule has 184 valence electrons. The highest BCUT2D eigenvalue weighted by Crippen LogP contribution is 2.52. The van der Waals surface area contributed by atoms with Gasteiger partial charge in [0.15, 0.2) is 0 Å². The van der Waals surface area contributed by atoms with Crippen molar-refractivity contribution in [1.82, 2.24) is 15.2 Å². The number of aliphatic hydroxyl groups excluding tert-OH is 1. The number of anilines is 1. The Morgan fingerprint density at radius 2 is 2.00 bits per heavy atom. The summed E-state index contributed by atoms with van der Waals surface area (Å²) in [6.07, 6.45) is 0.694. The molecule has 0 unspecified atom stereocenters. The van der Waals surface area contributed by atoms with Crippen LogP contribution in [0.3, 0.4) is 0 Å². The van der Waals surface area contributed by atoms with Crippen molar-refractivity contribution in [3.63, 3.8) is 0 Å². The Morgan fingerprint density at radius 1 is 1.29 bits per heavy atom. The van der Waals surface area contributed by atoms with Crippen LogP contribution in [0.1, 0.15) is 29.9 Å². The number of carbonyl (C=O) groups excluding carboxylic acids is 2. The van der Waals surface area contributed by atoms with Gasteiger partial charge in [-0.2, -0.15) is 4.98 Å². The summed E-state index contributed by atoms with van der Waals surface area (Å²) in [6, 6.07) is 9.06. The smallest absolute Gasteiger partial charge is 0.353 e. The van der Waals surface area contributed by atoms with Gasteiger partial charge in [0.2, 0.25) is 5.91 Å². The number of oxazole rings is 1. The first-order valence-electron chi connectivity index (χ1n) is 11.4. The summed E-state index contributed by atoms with van der Waals surface area (Å²) >= 11 is 1.47. The first kappa shape index (κ1) is 23.4. The molecule has 3 N–H and O–H groups in total. The lowest BCUT2D eigenvalue weighted by molar-refractivity contribution is -0.163. The minimum Gasteiger partial charge on any atom is -0.477 e. The summed E-state index contributed by atoms with van der Waals surface area (Å²) in [6.45, 7) is 4.95. The molecule has 5 rings (SSSR count). The fourth-order valence-corrected chi connectivity index (χ4v) is 6.43. The van der Waals surface area contributed by atoms with E-state index in [-0.39, 0.29) is 41.3 Å². The molecule has 2 fully saturated rings. The molecular formula is C24H26N4O6S. The molecule has 0 bridgehead atoms. The van der Waals surface area contributed by atoms with E-state index in [0.29, 0.717) is 35.3 Å². The summed E-state index contributed by atoms with van der Waals surface area (Å²) in [5.41, 5.74) is 1.22. The van der Waals surface area contributed by atoms with E-state index in [2.05, 4.69) is 10.3 Å². The number of carbonyl (C=O) groups is 3. The number of aromatic nitrogens is 1. The second-order valence-electron chi connectivity index (χ2n) is 9.09. The van der Waals surface area contributed by atoms with Gasteiger partial charge in [0.05, 0.1) is 24.6 Å². The van der Waals surface area contributed by atoms with Gasteiger partial charge in [-0.05, 0) is 19.1 Å². The van der Waals surface area contributed by atoms with E-state index < -0.39 is 18.0 Å². The third kappa shape index (κ3) is 4.08. The Kier molecular flexibility index (Phi) is 6.06. The molecule has 2 saturated heterocycles. The maximum absolute atomic E-state index is 12.5. The van der Waals surface area contributed by atoms with Gasteiger partial charge in [-0.15, -0.1) is 11.8 Å². The Balaban J connectivity index is 1.17. The molecule has 0 saturated carbocycles. The van der Waals surface area contributed by atoms with Crippen LogP contribution in [0.5, 0.6) is 0 Å². The summed E-state index contributed by atoms with van der Waals surface area (Å²) in [4.78, 5) is 45.0. The average Bonchev–Trinajstić information content (AvgIpc) is 3.35. The molecular weight excluding hydrogens is 472 g/mol. The van der Waals surface area contributed by atoms with Gasteiger partial charge < -0.3 is 29.7 Å². The Hall–Kier alpha value is -3.31. The minimum absolute atomic E-state index is 0.0421. The van der Waals surface area contributed by atoms with E-state index in [4.69, 9.17) is 4.42 Å². The topological polar surface area (TPSA) is 136 Å². The predicted molar refractivity (Wildman–Crippen MR) is 127 cm³/mol. The Labute approximate surface area is 206 Å². The zero-order chi connectivity index (χ0) is 24.9. The van der Waals surface area contributed by atoms with Crippen molar-refractivity contribution in [2.24, 2.45) is 11.8 Å². The largest absolute Gasteiger partial charge is 0.477 e. The molecule has 1 aromatic carbocycles. The number of aliphatic hydroxyl groups is 1. The van der Waals surface area contributed by atoms with Crippen LogP contribution in [0.15, 0.2) is 51.6 Å². The van der Waals surface area contributed by atoms with E-state index in [1.165, 1.54) is 22.9 Å². The van der Waals surface area contributed by atoms with Crippen molar-refractivity contribution >= 4 is 35.6 Å². The van der Waals surface area contributed by atoms with Crippen molar-refractivity contribution in [3.05, 3.63) is 58.5 Å². The van der Waals surface area contributed by atoms with E-state index in [0.717, 1.165) is 0 Å². The third-order valence-corrected chi connectivity index (χ3v) is 8.18. The number of carboxylic acid groups (broad SMARTS) is 1. The molecule has 0 aliphatic carbocycles. The number of aliphatic carboxylic acids is 1. The molecule has 4 heterocycles. The zero-order valence-corrected chi connectivity index (χ0v) is 20.1. The van der Waals surface area contributed by atoms with E-state index in [9.17, 15) is 24.6 Å². The molecule has 1 aromatic heterocycles. The van der Waals surface area contributed by atoms with Crippen LogP contribution in [0.2, 0.25) is 0 Å².